The second-order valence-electron chi connectivity index (χ2n) is 5.30. The molecule has 0 aliphatic heterocycles. The van der Waals surface area contributed by atoms with Crippen LogP contribution in [-0.2, 0) is 0 Å². The molecule has 0 radical (unpaired) electrons. The van der Waals surface area contributed by atoms with Gasteiger partial charge in [0.1, 0.15) is 0 Å². The SMILES string of the molecule is Cc1ccc([C@@H](C)NC2CCC(O)CC2)cc1. The van der Waals surface area contributed by atoms with Crippen LogP contribution < -0.4 is 5.32 Å². The number of aryl methyl sites for hydroxylation is 1. The first-order valence-electron chi connectivity index (χ1n) is 6.66. The second-order valence-corrected chi connectivity index (χ2v) is 5.30. The van der Waals surface area contributed by atoms with Crippen LogP contribution in [-0.4, -0.2) is 17.3 Å². The Kier molecular flexibility index (Phi) is 4.19. The summed E-state index contributed by atoms with van der Waals surface area (Å²) in [5, 5.41) is 13.1. The molecule has 0 spiro atoms. The van der Waals surface area contributed by atoms with Crippen LogP contribution in [0.1, 0.15) is 49.8 Å². The summed E-state index contributed by atoms with van der Waals surface area (Å²) in [4.78, 5) is 0. The molecule has 17 heavy (non-hydrogen) atoms. The Labute approximate surface area is 104 Å². The van der Waals surface area contributed by atoms with Gasteiger partial charge in [-0.25, -0.2) is 0 Å². The molecule has 2 rings (SSSR count). The fraction of sp³-hybridized carbons (Fsp3) is 0.600. The molecule has 0 heterocycles. The Balaban J connectivity index is 1.88. The summed E-state index contributed by atoms with van der Waals surface area (Å²) in [6.07, 6.45) is 4.01. The van der Waals surface area contributed by atoms with Crippen molar-refractivity contribution in [3.8, 4) is 0 Å². The lowest BCUT2D eigenvalue weighted by atomic mass is 9.92. The molecular weight excluding hydrogens is 210 g/mol. The standard InChI is InChI=1S/C15H23NO/c1-11-3-5-13(6-4-11)12(2)16-14-7-9-15(17)10-8-14/h3-6,12,14-17H,7-10H2,1-2H3/t12-,14?,15?/m1/s1. The van der Waals surface area contributed by atoms with E-state index < -0.39 is 0 Å². The van der Waals surface area contributed by atoms with E-state index in [-0.39, 0.29) is 6.10 Å². The van der Waals surface area contributed by atoms with Crippen LogP contribution in [0.25, 0.3) is 0 Å². The number of hydrogen-bond donors (Lipinski definition) is 2. The number of aliphatic hydroxyl groups excluding tert-OH is 1. The van der Waals surface area contributed by atoms with E-state index in [2.05, 4.69) is 43.4 Å². The van der Waals surface area contributed by atoms with Crippen LogP contribution in [0, 0.1) is 6.92 Å². The number of nitrogens with one attached hydrogen (secondary N) is 1. The number of rotatable bonds is 3. The summed E-state index contributed by atoms with van der Waals surface area (Å²) < 4.78 is 0. The van der Waals surface area contributed by atoms with E-state index >= 15 is 0 Å². The molecule has 0 saturated heterocycles. The highest BCUT2D eigenvalue weighted by Crippen LogP contribution is 2.22. The van der Waals surface area contributed by atoms with Gasteiger partial charge in [-0.05, 0) is 45.1 Å². The van der Waals surface area contributed by atoms with Crippen LogP contribution >= 0.6 is 0 Å². The van der Waals surface area contributed by atoms with Gasteiger partial charge in [-0.1, -0.05) is 29.8 Å². The molecule has 1 atom stereocenters. The van der Waals surface area contributed by atoms with Gasteiger partial charge in [-0.3, -0.25) is 0 Å². The van der Waals surface area contributed by atoms with Crippen molar-refractivity contribution in [2.75, 3.05) is 0 Å². The lowest BCUT2D eigenvalue weighted by molar-refractivity contribution is 0.114. The van der Waals surface area contributed by atoms with Crippen molar-refractivity contribution in [1.82, 2.24) is 5.32 Å². The molecule has 1 aliphatic carbocycles. The molecule has 0 aromatic heterocycles. The molecule has 0 unspecified atom stereocenters. The van der Waals surface area contributed by atoms with E-state index in [1.807, 2.05) is 0 Å². The summed E-state index contributed by atoms with van der Waals surface area (Å²) >= 11 is 0. The van der Waals surface area contributed by atoms with E-state index in [0.29, 0.717) is 12.1 Å². The maximum Gasteiger partial charge on any atom is 0.0541 e. The van der Waals surface area contributed by atoms with Crippen LogP contribution in [0.2, 0.25) is 0 Å². The van der Waals surface area contributed by atoms with Gasteiger partial charge in [0.25, 0.3) is 0 Å². The van der Waals surface area contributed by atoms with Gasteiger partial charge in [0.15, 0.2) is 0 Å². The summed E-state index contributed by atoms with van der Waals surface area (Å²) in [5.41, 5.74) is 2.66. The Bertz CT molecular complexity index is 338. The smallest absolute Gasteiger partial charge is 0.0541 e. The molecular formula is C15H23NO. The highest BCUT2D eigenvalue weighted by molar-refractivity contribution is 5.23. The minimum atomic E-state index is -0.0669. The highest BCUT2D eigenvalue weighted by Gasteiger charge is 2.20. The predicted octanol–water partition coefficient (Wildman–Crippen LogP) is 2.95. The first-order chi connectivity index (χ1) is 8.15. The van der Waals surface area contributed by atoms with Crippen molar-refractivity contribution in [2.45, 2.75) is 57.7 Å². The molecule has 0 amide bonds. The minimum Gasteiger partial charge on any atom is -0.393 e. The zero-order valence-electron chi connectivity index (χ0n) is 10.8. The largest absolute Gasteiger partial charge is 0.393 e. The Hall–Kier alpha value is -0.860. The van der Waals surface area contributed by atoms with Gasteiger partial charge in [0.2, 0.25) is 0 Å². The fourth-order valence-electron chi connectivity index (χ4n) is 2.55. The van der Waals surface area contributed by atoms with Gasteiger partial charge >= 0.3 is 0 Å². The Morgan fingerprint density at radius 1 is 1.12 bits per heavy atom. The first-order valence-corrected chi connectivity index (χ1v) is 6.66. The lowest BCUT2D eigenvalue weighted by Crippen LogP contribution is -2.36. The summed E-state index contributed by atoms with van der Waals surface area (Å²) in [6, 6.07) is 9.69. The van der Waals surface area contributed by atoms with Crippen LogP contribution in [0.15, 0.2) is 24.3 Å². The fourth-order valence-corrected chi connectivity index (χ4v) is 2.55. The number of aliphatic hydroxyl groups is 1. The van der Waals surface area contributed by atoms with Gasteiger partial charge < -0.3 is 10.4 Å². The maximum atomic E-state index is 9.48. The molecule has 2 heteroatoms. The van der Waals surface area contributed by atoms with Crippen LogP contribution in [0.4, 0.5) is 0 Å². The quantitative estimate of drug-likeness (QED) is 0.841. The Morgan fingerprint density at radius 2 is 1.71 bits per heavy atom. The third-order valence-corrected chi connectivity index (χ3v) is 3.76. The van der Waals surface area contributed by atoms with Crippen molar-refractivity contribution in [2.24, 2.45) is 0 Å². The van der Waals surface area contributed by atoms with Crippen molar-refractivity contribution >= 4 is 0 Å². The monoisotopic (exact) mass is 233 g/mol. The van der Waals surface area contributed by atoms with E-state index in [1.54, 1.807) is 0 Å². The third-order valence-electron chi connectivity index (χ3n) is 3.76. The molecule has 1 aliphatic rings. The summed E-state index contributed by atoms with van der Waals surface area (Å²) in [6.45, 7) is 4.33. The van der Waals surface area contributed by atoms with E-state index in [1.165, 1.54) is 11.1 Å². The molecule has 2 nitrogen and oxygen atoms in total. The second kappa shape index (κ2) is 5.65. The molecule has 1 aromatic rings. The first kappa shape index (κ1) is 12.6. The molecule has 2 N–H and O–H groups in total. The van der Waals surface area contributed by atoms with E-state index in [0.717, 1.165) is 25.7 Å². The summed E-state index contributed by atoms with van der Waals surface area (Å²) in [5.74, 6) is 0. The van der Waals surface area contributed by atoms with Crippen molar-refractivity contribution < 1.29 is 5.11 Å². The average Bonchev–Trinajstić information content (AvgIpc) is 2.33. The Morgan fingerprint density at radius 3 is 2.29 bits per heavy atom. The van der Waals surface area contributed by atoms with E-state index in [4.69, 9.17) is 0 Å². The lowest BCUT2D eigenvalue weighted by Gasteiger charge is -2.29. The van der Waals surface area contributed by atoms with Gasteiger partial charge in [-0.15, -0.1) is 0 Å². The normalized spacial score (nSPS) is 26.8. The van der Waals surface area contributed by atoms with Crippen molar-refractivity contribution in [1.29, 1.82) is 0 Å². The van der Waals surface area contributed by atoms with Gasteiger partial charge in [0.05, 0.1) is 6.10 Å². The molecule has 1 saturated carbocycles. The summed E-state index contributed by atoms with van der Waals surface area (Å²) in [7, 11) is 0. The molecule has 1 fully saturated rings. The predicted molar refractivity (Wildman–Crippen MR) is 71.0 cm³/mol. The molecule has 1 aromatic carbocycles. The number of benzene rings is 1. The van der Waals surface area contributed by atoms with Crippen LogP contribution in [0.3, 0.4) is 0 Å². The topological polar surface area (TPSA) is 32.3 Å². The van der Waals surface area contributed by atoms with Gasteiger partial charge in [-0.2, -0.15) is 0 Å². The van der Waals surface area contributed by atoms with Crippen molar-refractivity contribution in [3.63, 3.8) is 0 Å². The third kappa shape index (κ3) is 3.55. The average molecular weight is 233 g/mol. The number of hydrogen-bond acceptors (Lipinski definition) is 2. The zero-order valence-corrected chi connectivity index (χ0v) is 10.8. The maximum absolute atomic E-state index is 9.48. The zero-order chi connectivity index (χ0) is 12.3. The van der Waals surface area contributed by atoms with Crippen LogP contribution in [0.5, 0.6) is 0 Å². The molecule has 94 valence electrons. The molecule has 0 bridgehead atoms. The minimum absolute atomic E-state index is 0.0669. The van der Waals surface area contributed by atoms with E-state index in [9.17, 15) is 5.11 Å². The van der Waals surface area contributed by atoms with Gasteiger partial charge in [0, 0.05) is 12.1 Å². The van der Waals surface area contributed by atoms with Crippen molar-refractivity contribution in [3.05, 3.63) is 35.4 Å². The highest BCUT2D eigenvalue weighted by atomic mass is 16.3.